The summed E-state index contributed by atoms with van der Waals surface area (Å²) in [4.78, 5) is 12.6. The molecular weight excluding hydrogens is 409 g/mol. The van der Waals surface area contributed by atoms with Crippen molar-refractivity contribution >= 4 is 10.0 Å². The minimum atomic E-state index is -3.56. The molecule has 0 spiro atoms. The molecule has 0 aliphatic carbocycles. The lowest BCUT2D eigenvalue weighted by Gasteiger charge is -2.10. The summed E-state index contributed by atoms with van der Waals surface area (Å²) in [5, 5.41) is 8.50. The zero-order chi connectivity index (χ0) is 21.3. The first-order chi connectivity index (χ1) is 14.4. The predicted molar refractivity (Wildman–Crippen MR) is 109 cm³/mol. The molecule has 10 heteroatoms. The lowest BCUT2D eigenvalue weighted by atomic mass is 10.2. The Kier molecular flexibility index (Phi) is 5.02. The van der Waals surface area contributed by atoms with Crippen LogP contribution in [0.3, 0.4) is 0 Å². The molecule has 2 heterocycles. The predicted octanol–water partition coefficient (Wildman–Crippen LogP) is 2.13. The topological polar surface area (TPSA) is 98.9 Å². The molecule has 0 saturated heterocycles. The Hall–Kier alpha value is -3.63. The van der Waals surface area contributed by atoms with Gasteiger partial charge in [0.05, 0.1) is 22.5 Å². The van der Waals surface area contributed by atoms with E-state index in [0.717, 1.165) is 0 Å². The van der Waals surface area contributed by atoms with E-state index < -0.39 is 15.8 Å². The molecular formula is C20H16FN5O3S. The number of hydrogen-bond donors (Lipinski definition) is 1. The van der Waals surface area contributed by atoms with Gasteiger partial charge >= 0.3 is 0 Å². The third-order valence-corrected chi connectivity index (χ3v) is 5.88. The Labute approximate surface area is 171 Å². The summed E-state index contributed by atoms with van der Waals surface area (Å²) >= 11 is 0. The van der Waals surface area contributed by atoms with Crippen LogP contribution in [0.4, 0.5) is 4.39 Å². The smallest absolute Gasteiger partial charge is 0.240 e. The number of rotatable bonds is 5. The van der Waals surface area contributed by atoms with Gasteiger partial charge in [0.2, 0.25) is 15.5 Å². The van der Waals surface area contributed by atoms with E-state index in [9.17, 15) is 17.6 Å². The number of sulfonamides is 1. The molecule has 0 unspecified atom stereocenters. The van der Waals surface area contributed by atoms with Crippen LogP contribution in [0.1, 0.15) is 0 Å². The summed E-state index contributed by atoms with van der Waals surface area (Å²) < 4.78 is 43.0. The van der Waals surface area contributed by atoms with Crippen LogP contribution in [0, 0.1) is 5.82 Å². The molecule has 0 aliphatic rings. The van der Waals surface area contributed by atoms with Gasteiger partial charge in [0.25, 0.3) is 0 Å². The minimum Gasteiger partial charge on any atom is -0.287 e. The molecule has 0 atom stereocenters. The van der Waals surface area contributed by atoms with Crippen LogP contribution in [0.5, 0.6) is 0 Å². The third kappa shape index (κ3) is 3.53. The van der Waals surface area contributed by atoms with E-state index in [-0.39, 0.29) is 21.7 Å². The van der Waals surface area contributed by atoms with Gasteiger partial charge in [-0.25, -0.2) is 26.9 Å². The molecule has 1 N–H and O–H groups in total. The van der Waals surface area contributed by atoms with E-state index in [1.54, 1.807) is 36.4 Å². The second-order valence-corrected chi connectivity index (χ2v) is 8.14. The van der Waals surface area contributed by atoms with Crippen molar-refractivity contribution in [3.05, 3.63) is 89.1 Å². The minimum absolute atomic E-state index is 0.0742. The average molecular weight is 425 g/mol. The number of aromatic nitrogens is 4. The number of hydrogen-bond acceptors (Lipinski definition) is 5. The molecule has 0 saturated carbocycles. The van der Waals surface area contributed by atoms with Gasteiger partial charge in [0, 0.05) is 12.3 Å². The monoisotopic (exact) mass is 425 g/mol. The zero-order valence-corrected chi connectivity index (χ0v) is 16.5. The zero-order valence-electron chi connectivity index (χ0n) is 15.7. The first-order valence-corrected chi connectivity index (χ1v) is 10.3. The molecule has 4 rings (SSSR count). The normalized spacial score (nSPS) is 11.5. The highest BCUT2D eigenvalue weighted by Crippen LogP contribution is 2.21. The molecule has 2 aromatic heterocycles. The van der Waals surface area contributed by atoms with Crippen LogP contribution in [0.25, 0.3) is 22.8 Å². The van der Waals surface area contributed by atoms with Gasteiger partial charge in [0.1, 0.15) is 11.5 Å². The quantitative estimate of drug-likeness (QED) is 0.528. The van der Waals surface area contributed by atoms with Crippen LogP contribution >= 0.6 is 0 Å². The highest BCUT2D eigenvalue weighted by molar-refractivity contribution is 7.89. The van der Waals surface area contributed by atoms with Crippen molar-refractivity contribution in [3.63, 3.8) is 0 Å². The van der Waals surface area contributed by atoms with Gasteiger partial charge in [0.15, 0.2) is 5.69 Å². The summed E-state index contributed by atoms with van der Waals surface area (Å²) in [6.45, 7) is 0. The lowest BCUT2D eigenvalue weighted by Crippen LogP contribution is -2.18. The SMILES string of the molecule is CNS(=O)(=O)c1ccc(-n2ccc(=O)c(-c3ccnn3-c3ccccc3F)n2)cc1. The first-order valence-electron chi connectivity index (χ1n) is 8.84. The summed E-state index contributed by atoms with van der Waals surface area (Å²) in [6.07, 6.45) is 2.93. The first kappa shape index (κ1) is 19.7. The van der Waals surface area contributed by atoms with E-state index in [1.807, 2.05) is 0 Å². The second kappa shape index (κ2) is 7.65. The van der Waals surface area contributed by atoms with Crippen molar-refractivity contribution in [3.8, 4) is 22.8 Å². The van der Waals surface area contributed by atoms with Crippen molar-refractivity contribution in [1.29, 1.82) is 0 Å². The molecule has 152 valence electrons. The molecule has 0 aliphatic heterocycles. The largest absolute Gasteiger partial charge is 0.287 e. The fourth-order valence-corrected chi connectivity index (χ4v) is 3.65. The number of benzene rings is 2. The van der Waals surface area contributed by atoms with E-state index in [0.29, 0.717) is 11.4 Å². The number of nitrogens with one attached hydrogen (secondary N) is 1. The molecule has 2 aromatic carbocycles. The summed E-state index contributed by atoms with van der Waals surface area (Å²) in [7, 11) is -2.23. The Balaban J connectivity index is 1.79. The summed E-state index contributed by atoms with van der Waals surface area (Å²) in [5.74, 6) is -0.486. The molecule has 0 amide bonds. The Morgan fingerprint density at radius 1 is 1.00 bits per heavy atom. The van der Waals surface area contributed by atoms with E-state index in [2.05, 4.69) is 14.9 Å². The van der Waals surface area contributed by atoms with Gasteiger partial charge in [-0.3, -0.25) is 4.79 Å². The van der Waals surface area contributed by atoms with Gasteiger partial charge < -0.3 is 0 Å². The molecule has 30 heavy (non-hydrogen) atoms. The van der Waals surface area contributed by atoms with Crippen molar-refractivity contribution in [1.82, 2.24) is 24.3 Å². The van der Waals surface area contributed by atoms with Crippen molar-refractivity contribution in [2.45, 2.75) is 4.90 Å². The molecule has 0 bridgehead atoms. The van der Waals surface area contributed by atoms with Crippen LogP contribution in [-0.2, 0) is 10.0 Å². The van der Waals surface area contributed by atoms with E-state index >= 15 is 0 Å². The Bertz CT molecular complexity index is 1380. The average Bonchev–Trinajstić information content (AvgIpc) is 3.24. The van der Waals surface area contributed by atoms with Gasteiger partial charge in [-0.1, -0.05) is 12.1 Å². The highest BCUT2D eigenvalue weighted by atomic mass is 32.2. The maximum absolute atomic E-state index is 14.2. The number of nitrogens with zero attached hydrogens (tertiary/aromatic N) is 4. The fraction of sp³-hybridized carbons (Fsp3) is 0.0500. The Morgan fingerprint density at radius 2 is 1.73 bits per heavy atom. The number of halogens is 1. The number of para-hydroxylation sites is 1. The molecule has 8 nitrogen and oxygen atoms in total. The summed E-state index contributed by atoms with van der Waals surface area (Å²) in [6, 6.07) is 15.0. The fourth-order valence-electron chi connectivity index (χ4n) is 2.92. The van der Waals surface area contributed by atoms with Crippen LogP contribution in [0.15, 0.2) is 82.7 Å². The van der Waals surface area contributed by atoms with Crippen LogP contribution in [0.2, 0.25) is 0 Å². The van der Waals surface area contributed by atoms with E-state index in [1.165, 1.54) is 53.1 Å². The molecule has 0 radical (unpaired) electrons. The van der Waals surface area contributed by atoms with Crippen molar-refractivity contribution in [2.75, 3.05) is 7.05 Å². The van der Waals surface area contributed by atoms with Crippen molar-refractivity contribution in [2.24, 2.45) is 0 Å². The lowest BCUT2D eigenvalue weighted by molar-refractivity contribution is 0.588. The maximum Gasteiger partial charge on any atom is 0.240 e. The summed E-state index contributed by atoms with van der Waals surface area (Å²) in [5.41, 5.74) is 0.775. The van der Waals surface area contributed by atoms with Crippen LogP contribution < -0.4 is 10.2 Å². The van der Waals surface area contributed by atoms with Crippen molar-refractivity contribution < 1.29 is 12.8 Å². The van der Waals surface area contributed by atoms with Crippen LogP contribution in [-0.4, -0.2) is 35.0 Å². The third-order valence-electron chi connectivity index (χ3n) is 4.45. The maximum atomic E-state index is 14.2. The van der Waals surface area contributed by atoms with Gasteiger partial charge in [-0.2, -0.15) is 10.2 Å². The van der Waals surface area contributed by atoms with E-state index in [4.69, 9.17) is 0 Å². The van der Waals surface area contributed by atoms with Gasteiger partial charge in [-0.05, 0) is 49.5 Å². The highest BCUT2D eigenvalue weighted by Gasteiger charge is 2.16. The Morgan fingerprint density at radius 3 is 2.43 bits per heavy atom. The second-order valence-electron chi connectivity index (χ2n) is 6.25. The molecule has 4 aromatic rings. The standard InChI is InChI=1S/C20H16FN5O3S/c1-22-30(28,29)15-8-6-14(7-9-15)25-13-11-19(27)20(24-25)18-10-12-23-26(18)17-5-3-2-4-16(17)21/h2-13,22H,1H3. The molecule has 0 fully saturated rings. The van der Waals surface area contributed by atoms with Gasteiger partial charge in [-0.15, -0.1) is 0 Å².